The Bertz CT molecular complexity index is 1440. The zero-order valence-corrected chi connectivity index (χ0v) is 21.4. The van der Waals surface area contributed by atoms with Crippen molar-refractivity contribution in [3.8, 4) is 0 Å². The second kappa shape index (κ2) is 11.2. The van der Waals surface area contributed by atoms with Crippen LogP contribution >= 0.6 is 24.0 Å². The number of esters is 1. The van der Waals surface area contributed by atoms with Crippen LogP contribution < -0.4 is 10.2 Å². The van der Waals surface area contributed by atoms with Crippen LogP contribution in [0.3, 0.4) is 0 Å². The number of ether oxygens (including phenoxy) is 1. The number of amides is 2. The Labute approximate surface area is 225 Å². The summed E-state index contributed by atoms with van der Waals surface area (Å²) in [6, 6.07) is 17.6. The van der Waals surface area contributed by atoms with Gasteiger partial charge in [-0.25, -0.2) is 4.79 Å². The average molecular weight is 557 g/mol. The first-order valence-corrected chi connectivity index (χ1v) is 12.3. The highest BCUT2D eigenvalue weighted by atomic mass is 32.2. The van der Waals surface area contributed by atoms with Crippen molar-refractivity contribution in [1.29, 1.82) is 0 Å². The Kier molecular flexibility index (Phi) is 7.98. The number of nitrogens with one attached hydrogen (secondary N) is 1. The zero-order chi connectivity index (χ0) is 27.4. The summed E-state index contributed by atoms with van der Waals surface area (Å²) in [4.78, 5) is 38.5. The minimum atomic E-state index is -4.56. The third-order valence-corrected chi connectivity index (χ3v) is 6.64. The van der Waals surface area contributed by atoms with Crippen molar-refractivity contribution in [3.63, 3.8) is 0 Å². The summed E-state index contributed by atoms with van der Waals surface area (Å²) < 4.78 is 44.4. The fourth-order valence-electron chi connectivity index (χ4n) is 3.43. The van der Waals surface area contributed by atoms with E-state index in [1.54, 1.807) is 24.3 Å². The Morgan fingerprint density at radius 2 is 1.74 bits per heavy atom. The van der Waals surface area contributed by atoms with Crippen LogP contribution in [0.15, 0.2) is 77.7 Å². The summed E-state index contributed by atoms with van der Waals surface area (Å²) in [6.45, 7) is 1.45. The summed E-state index contributed by atoms with van der Waals surface area (Å²) in [6.07, 6.45) is -3.03. The topological polar surface area (TPSA) is 75.7 Å². The molecule has 1 N–H and O–H groups in total. The maximum absolute atomic E-state index is 13.1. The lowest BCUT2D eigenvalue weighted by Gasteiger charge is -2.16. The molecule has 0 radical (unpaired) electrons. The number of aryl methyl sites for hydroxylation is 1. The normalized spacial score (nSPS) is 14.6. The second-order valence-electron chi connectivity index (χ2n) is 8.18. The molecule has 194 valence electrons. The number of hydrogen-bond donors (Lipinski definition) is 1. The average Bonchev–Trinajstić information content (AvgIpc) is 3.16. The van der Waals surface area contributed by atoms with Crippen LogP contribution in [0.5, 0.6) is 0 Å². The molecule has 11 heteroatoms. The van der Waals surface area contributed by atoms with E-state index in [1.165, 1.54) is 30.3 Å². The Morgan fingerprint density at radius 3 is 2.39 bits per heavy atom. The van der Waals surface area contributed by atoms with Crippen LogP contribution in [0.25, 0.3) is 6.08 Å². The van der Waals surface area contributed by atoms with Gasteiger partial charge in [-0.15, -0.1) is 0 Å². The van der Waals surface area contributed by atoms with Crippen molar-refractivity contribution in [2.45, 2.75) is 13.1 Å². The van der Waals surface area contributed by atoms with Gasteiger partial charge in [0.05, 0.1) is 21.7 Å². The number of nitrogens with zero attached hydrogens (tertiary/aromatic N) is 1. The lowest BCUT2D eigenvalue weighted by molar-refractivity contribution is -0.137. The molecule has 1 aliphatic rings. The number of anilines is 2. The van der Waals surface area contributed by atoms with Gasteiger partial charge in [-0.05, 0) is 61.0 Å². The maximum atomic E-state index is 13.1. The van der Waals surface area contributed by atoms with Crippen LogP contribution in [-0.2, 0) is 20.5 Å². The largest absolute Gasteiger partial charge is 0.452 e. The second-order valence-corrected chi connectivity index (χ2v) is 9.85. The van der Waals surface area contributed by atoms with Crippen LogP contribution in [0, 0.1) is 6.92 Å². The minimum absolute atomic E-state index is 0.0234. The molecule has 0 unspecified atom stereocenters. The summed E-state index contributed by atoms with van der Waals surface area (Å²) in [5.41, 5.74) is 1.52. The van der Waals surface area contributed by atoms with Gasteiger partial charge in [0.25, 0.3) is 11.8 Å². The number of benzene rings is 3. The van der Waals surface area contributed by atoms with Crippen molar-refractivity contribution in [2.24, 2.45) is 0 Å². The first kappa shape index (κ1) is 27.1. The quantitative estimate of drug-likeness (QED) is 0.221. The molecule has 1 fully saturated rings. The minimum Gasteiger partial charge on any atom is -0.452 e. The monoisotopic (exact) mass is 556 g/mol. The van der Waals surface area contributed by atoms with Crippen molar-refractivity contribution in [3.05, 3.63) is 100.0 Å². The van der Waals surface area contributed by atoms with Gasteiger partial charge in [0.2, 0.25) is 0 Å². The molecular formula is C27H19F3N2O4S2. The predicted molar refractivity (Wildman–Crippen MR) is 144 cm³/mol. The van der Waals surface area contributed by atoms with Gasteiger partial charge < -0.3 is 10.1 Å². The molecule has 1 aliphatic heterocycles. The lowest BCUT2D eigenvalue weighted by atomic mass is 10.1. The third kappa shape index (κ3) is 6.48. The van der Waals surface area contributed by atoms with Crippen molar-refractivity contribution in [2.75, 3.05) is 16.8 Å². The molecule has 0 aromatic heterocycles. The molecule has 2 amide bonds. The first-order valence-electron chi connectivity index (χ1n) is 11.1. The van der Waals surface area contributed by atoms with E-state index in [9.17, 15) is 27.6 Å². The van der Waals surface area contributed by atoms with E-state index in [1.807, 2.05) is 19.1 Å². The molecule has 4 rings (SSSR count). The van der Waals surface area contributed by atoms with Gasteiger partial charge in [-0.3, -0.25) is 14.5 Å². The van der Waals surface area contributed by atoms with Crippen molar-refractivity contribution < 1.29 is 32.3 Å². The number of alkyl halides is 3. The summed E-state index contributed by atoms with van der Waals surface area (Å²) in [5.74, 6) is -1.74. The molecule has 6 nitrogen and oxygen atoms in total. The molecule has 0 spiro atoms. The van der Waals surface area contributed by atoms with Crippen LogP contribution in [-0.4, -0.2) is 28.7 Å². The number of halogens is 3. The Hall–Kier alpha value is -3.96. The molecule has 3 aromatic carbocycles. The van der Waals surface area contributed by atoms with Crippen molar-refractivity contribution >= 4 is 63.5 Å². The number of rotatable bonds is 6. The molecule has 0 atom stereocenters. The number of hydrogen-bond acceptors (Lipinski definition) is 6. The highest BCUT2D eigenvalue weighted by Gasteiger charge is 2.36. The van der Waals surface area contributed by atoms with Crippen LogP contribution in [0.2, 0.25) is 0 Å². The van der Waals surface area contributed by atoms with Crippen LogP contribution in [0.1, 0.15) is 27.0 Å². The summed E-state index contributed by atoms with van der Waals surface area (Å²) >= 11 is 6.19. The molecule has 1 heterocycles. The van der Waals surface area contributed by atoms with Gasteiger partial charge >= 0.3 is 12.1 Å². The van der Waals surface area contributed by atoms with E-state index < -0.39 is 36.1 Å². The molecule has 0 bridgehead atoms. The fourth-order valence-corrected chi connectivity index (χ4v) is 4.73. The van der Waals surface area contributed by atoms with E-state index in [0.717, 1.165) is 34.4 Å². The first-order chi connectivity index (χ1) is 18.0. The van der Waals surface area contributed by atoms with Crippen molar-refractivity contribution in [1.82, 2.24) is 0 Å². The Balaban J connectivity index is 1.38. The van der Waals surface area contributed by atoms with E-state index in [2.05, 4.69) is 5.32 Å². The molecule has 38 heavy (non-hydrogen) atoms. The number of thioether (sulfide) groups is 1. The van der Waals surface area contributed by atoms with Gasteiger partial charge in [-0.2, -0.15) is 13.2 Å². The molecule has 0 aliphatic carbocycles. The van der Waals surface area contributed by atoms with Gasteiger partial charge in [0.1, 0.15) is 0 Å². The lowest BCUT2D eigenvalue weighted by Crippen LogP contribution is -2.27. The number of carbonyl (C=O) groups excluding carboxylic acids is 3. The van der Waals surface area contributed by atoms with E-state index in [4.69, 9.17) is 17.0 Å². The standard InChI is InChI=1S/C27H19F3N2O4S2/c1-16-5-11-20(12-6-16)31-23(33)15-36-25(35)18-9-7-17(8-10-18)13-22-24(34)32(26(37)38-22)21-4-2-3-19(14-21)27(28,29)30/h2-14H,15H2,1H3,(H,31,33)/b22-13+. The number of carbonyl (C=O) groups is 3. The van der Waals surface area contributed by atoms with E-state index in [0.29, 0.717) is 11.3 Å². The van der Waals surface area contributed by atoms with Gasteiger partial charge in [0.15, 0.2) is 10.9 Å². The van der Waals surface area contributed by atoms with E-state index in [-0.39, 0.29) is 20.5 Å². The summed E-state index contributed by atoms with van der Waals surface area (Å²) in [7, 11) is 0. The summed E-state index contributed by atoms with van der Waals surface area (Å²) in [5, 5.41) is 2.63. The zero-order valence-electron chi connectivity index (χ0n) is 19.7. The SMILES string of the molecule is Cc1ccc(NC(=O)COC(=O)c2ccc(/C=C3/SC(=S)N(c4cccc(C(F)(F)F)c4)C3=O)cc2)cc1. The predicted octanol–water partition coefficient (Wildman–Crippen LogP) is 6.22. The smallest absolute Gasteiger partial charge is 0.416 e. The highest BCUT2D eigenvalue weighted by molar-refractivity contribution is 8.27. The Morgan fingerprint density at radius 1 is 1.05 bits per heavy atom. The molecule has 0 saturated carbocycles. The van der Waals surface area contributed by atoms with Gasteiger partial charge in [0, 0.05) is 5.69 Å². The third-order valence-electron chi connectivity index (χ3n) is 5.34. The fraction of sp³-hybridized carbons (Fsp3) is 0.111. The van der Waals surface area contributed by atoms with E-state index >= 15 is 0 Å². The molecular weight excluding hydrogens is 537 g/mol. The molecule has 3 aromatic rings. The highest BCUT2D eigenvalue weighted by Crippen LogP contribution is 2.38. The number of thiocarbonyl (C=S) groups is 1. The maximum Gasteiger partial charge on any atom is 0.416 e. The van der Waals surface area contributed by atoms with Gasteiger partial charge in [-0.1, -0.05) is 59.9 Å². The van der Waals surface area contributed by atoms with Crippen LogP contribution in [0.4, 0.5) is 24.5 Å². The molecule has 1 saturated heterocycles.